The number of alkyl halides is 3. The molecule has 2 aromatic rings. The molecule has 3 nitrogen and oxygen atoms in total. The third-order valence-electron chi connectivity index (χ3n) is 2.84. The van der Waals surface area contributed by atoms with Crippen LogP contribution in [0.3, 0.4) is 0 Å². The first-order chi connectivity index (χ1) is 8.43. The molecule has 1 saturated heterocycles. The normalized spacial score (nSPS) is 17.2. The summed E-state index contributed by atoms with van der Waals surface area (Å²) in [5.74, 6) is 0. The molecule has 0 saturated carbocycles. The number of halogens is 3. The lowest BCUT2D eigenvalue weighted by atomic mass is 10.2. The van der Waals surface area contributed by atoms with Gasteiger partial charge in [-0.15, -0.1) is 0 Å². The van der Waals surface area contributed by atoms with Crippen molar-refractivity contribution in [1.29, 1.82) is 0 Å². The quantitative estimate of drug-likeness (QED) is 0.868. The van der Waals surface area contributed by atoms with E-state index in [2.05, 4.69) is 4.98 Å². The summed E-state index contributed by atoms with van der Waals surface area (Å²) in [5, 5.41) is 9.85. The first kappa shape index (κ1) is 11.7. The maximum absolute atomic E-state index is 12.5. The van der Waals surface area contributed by atoms with Crippen molar-refractivity contribution in [2.75, 3.05) is 18.0 Å². The fourth-order valence-corrected chi connectivity index (χ4v) is 2.80. The standard InChI is InChI=1S/C11H9F3N2OS/c12-11(13,14)6-1-2-9-8(3-6)15-10(18-9)16-4-7(17)5-16/h1-3,7,17H,4-5H2. The Morgan fingerprint density at radius 2 is 2.06 bits per heavy atom. The van der Waals surface area contributed by atoms with Gasteiger partial charge in [-0.25, -0.2) is 4.98 Å². The average molecular weight is 274 g/mol. The lowest BCUT2D eigenvalue weighted by Gasteiger charge is -2.35. The second-order valence-electron chi connectivity index (χ2n) is 4.24. The van der Waals surface area contributed by atoms with Crippen LogP contribution < -0.4 is 4.90 Å². The number of fused-ring (bicyclic) bond motifs is 1. The molecular formula is C11H9F3N2OS. The van der Waals surface area contributed by atoms with Crippen LogP contribution >= 0.6 is 11.3 Å². The number of hydrogen-bond donors (Lipinski definition) is 1. The molecule has 18 heavy (non-hydrogen) atoms. The highest BCUT2D eigenvalue weighted by atomic mass is 32.1. The molecule has 1 aliphatic heterocycles. The van der Waals surface area contributed by atoms with E-state index in [-0.39, 0.29) is 6.10 Å². The van der Waals surface area contributed by atoms with E-state index in [0.29, 0.717) is 23.7 Å². The second-order valence-corrected chi connectivity index (χ2v) is 5.24. The number of benzene rings is 1. The summed E-state index contributed by atoms with van der Waals surface area (Å²) in [6, 6.07) is 3.57. The maximum atomic E-state index is 12.5. The van der Waals surface area contributed by atoms with Crippen molar-refractivity contribution in [3.05, 3.63) is 23.8 Å². The van der Waals surface area contributed by atoms with E-state index in [1.54, 1.807) is 0 Å². The molecule has 1 fully saturated rings. The summed E-state index contributed by atoms with van der Waals surface area (Å²) in [6.07, 6.45) is -4.70. The highest BCUT2D eigenvalue weighted by molar-refractivity contribution is 7.22. The van der Waals surface area contributed by atoms with Gasteiger partial charge in [0, 0.05) is 13.1 Å². The van der Waals surface area contributed by atoms with Gasteiger partial charge < -0.3 is 10.0 Å². The van der Waals surface area contributed by atoms with Crippen molar-refractivity contribution in [1.82, 2.24) is 4.98 Å². The number of hydrogen-bond acceptors (Lipinski definition) is 4. The predicted molar refractivity (Wildman–Crippen MR) is 62.8 cm³/mol. The van der Waals surface area contributed by atoms with E-state index < -0.39 is 11.7 Å². The van der Waals surface area contributed by atoms with Gasteiger partial charge in [0.25, 0.3) is 0 Å². The van der Waals surface area contributed by atoms with Gasteiger partial charge in [0.1, 0.15) is 0 Å². The third kappa shape index (κ3) is 1.93. The summed E-state index contributed by atoms with van der Waals surface area (Å²) < 4.78 is 38.3. The fraction of sp³-hybridized carbons (Fsp3) is 0.364. The second kappa shape index (κ2) is 3.83. The number of thiazole rings is 1. The molecule has 0 bridgehead atoms. The molecule has 2 heterocycles. The Labute approximate surface area is 104 Å². The molecule has 0 radical (unpaired) electrons. The van der Waals surface area contributed by atoms with Gasteiger partial charge in [-0.3, -0.25) is 0 Å². The summed E-state index contributed by atoms with van der Waals surface area (Å²) >= 11 is 1.34. The molecule has 3 rings (SSSR count). The van der Waals surface area contributed by atoms with Gasteiger partial charge in [0.2, 0.25) is 0 Å². The van der Waals surface area contributed by atoms with Crippen molar-refractivity contribution in [3.8, 4) is 0 Å². The molecule has 0 atom stereocenters. The van der Waals surface area contributed by atoms with Crippen LogP contribution in [0.2, 0.25) is 0 Å². The van der Waals surface area contributed by atoms with Crippen LogP contribution in [-0.4, -0.2) is 29.3 Å². The van der Waals surface area contributed by atoms with Gasteiger partial charge in [0.05, 0.1) is 21.9 Å². The molecular weight excluding hydrogens is 265 g/mol. The predicted octanol–water partition coefficient (Wildman–Crippen LogP) is 2.50. The Bertz CT molecular complexity index is 589. The largest absolute Gasteiger partial charge is 0.416 e. The Kier molecular flexibility index (Phi) is 2.49. The van der Waals surface area contributed by atoms with Crippen molar-refractivity contribution < 1.29 is 18.3 Å². The van der Waals surface area contributed by atoms with Crippen LogP contribution in [0.5, 0.6) is 0 Å². The SMILES string of the molecule is OC1CN(c2nc3cc(C(F)(F)F)ccc3s2)C1. The highest BCUT2D eigenvalue weighted by Crippen LogP contribution is 2.35. The Hall–Kier alpha value is -1.34. The topological polar surface area (TPSA) is 36.4 Å². The van der Waals surface area contributed by atoms with Crippen LogP contribution in [0.15, 0.2) is 18.2 Å². The van der Waals surface area contributed by atoms with E-state index in [0.717, 1.165) is 16.8 Å². The number of aliphatic hydroxyl groups excluding tert-OH is 1. The van der Waals surface area contributed by atoms with E-state index in [4.69, 9.17) is 0 Å². The maximum Gasteiger partial charge on any atom is 0.416 e. The average Bonchev–Trinajstić information content (AvgIpc) is 2.65. The van der Waals surface area contributed by atoms with Gasteiger partial charge in [0.15, 0.2) is 5.13 Å². The van der Waals surface area contributed by atoms with Crippen molar-refractivity contribution >= 4 is 26.7 Å². The van der Waals surface area contributed by atoms with E-state index in [9.17, 15) is 18.3 Å². The first-order valence-electron chi connectivity index (χ1n) is 5.34. The van der Waals surface area contributed by atoms with Gasteiger partial charge >= 0.3 is 6.18 Å². The van der Waals surface area contributed by atoms with Gasteiger partial charge in [-0.2, -0.15) is 13.2 Å². The van der Waals surface area contributed by atoms with E-state index in [1.165, 1.54) is 17.4 Å². The molecule has 96 valence electrons. The molecule has 0 unspecified atom stereocenters. The molecule has 1 N–H and O–H groups in total. The molecule has 0 amide bonds. The third-order valence-corrected chi connectivity index (χ3v) is 3.93. The Balaban J connectivity index is 1.97. The molecule has 0 aliphatic carbocycles. The monoisotopic (exact) mass is 274 g/mol. The Morgan fingerprint density at radius 1 is 1.33 bits per heavy atom. The smallest absolute Gasteiger partial charge is 0.389 e. The zero-order chi connectivity index (χ0) is 12.9. The number of rotatable bonds is 1. The Morgan fingerprint density at radius 3 is 2.67 bits per heavy atom. The number of anilines is 1. The number of nitrogens with zero attached hydrogens (tertiary/aromatic N) is 2. The zero-order valence-electron chi connectivity index (χ0n) is 9.11. The van der Waals surface area contributed by atoms with Crippen LogP contribution in [0.25, 0.3) is 10.2 Å². The van der Waals surface area contributed by atoms with Crippen molar-refractivity contribution in [2.45, 2.75) is 12.3 Å². The van der Waals surface area contributed by atoms with Gasteiger partial charge in [-0.05, 0) is 18.2 Å². The van der Waals surface area contributed by atoms with Crippen LogP contribution in [0, 0.1) is 0 Å². The van der Waals surface area contributed by atoms with E-state index >= 15 is 0 Å². The van der Waals surface area contributed by atoms with Crippen molar-refractivity contribution in [2.24, 2.45) is 0 Å². The van der Waals surface area contributed by atoms with Crippen LogP contribution in [-0.2, 0) is 6.18 Å². The minimum atomic E-state index is -4.34. The van der Waals surface area contributed by atoms with Gasteiger partial charge in [-0.1, -0.05) is 11.3 Å². The number of aromatic nitrogens is 1. The fourth-order valence-electron chi connectivity index (χ4n) is 1.84. The van der Waals surface area contributed by atoms with Crippen LogP contribution in [0.4, 0.5) is 18.3 Å². The molecule has 7 heteroatoms. The zero-order valence-corrected chi connectivity index (χ0v) is 9.92. The number of β-amino-alcohol motifs (C(OH)–C–C–N with tert-alkyl or cyclic N) is 1. The van der Waals surface area contributed by atoms with Crippen LogP contribution in [0.1, 0.15) is 5.56 Å². The minimum absolute atomic E-state index is 0.353. The molecule has 1 aromatic carbocycles. The summed E-state index contributed by atoms with van der Waals surface area (Å²) in [4.78, 5) is 6.03. The lowest BCUT2D eigenvalue weighted by Crippen LogP contribution is -2.50. The summed E-state index contributed by atoms with van der Waals surface area (Å²) in [7, 11) is 0. The van der Waals surface area contributed by atoms with Crippen molar-refractivity contribution in [3.63, 3.8) is 0 Å². The summed E-state index contributed by atoms with van der Waals surface area (Å²) in [6.45, 7) is 0.984. The minimum Gasteiger partial charge on any atom is -0.389 e. The number of aliphatic hydroxyl groups is 1. The van der Waals surface area contributed by atoms with E-state index in [1.807, 2.05) is 4.90 Å². The molecule has 1 aliphatic rings. The summed E-state index contributed by atoms with van der Waals surface area (Å²) in [5.41, 5.74) is -0.332. The highest BCUT2D eigenvalue weighted by Gasteiger charge is 2.31. The first-order valence-corrected chi connectivity index (χ1v) is 6.16. The lowest BCUT2D eigenvalue weighted by molar-refractivity contribution is -0.137. The molecule has 1 aromatic heterocycles. The molecule has 0 spiro atoms.